The van der Waals surface area contributed by atoms with E-state index in [1.165, 1.54) is 0 Å². The maximum atomic E-state index is 12.6. The summed E-state index contributed by atoms with van der Waals surface area (Å²) in [6, 6.07) is 2.50. The lowest BCUT2D eigenvalue weighted by Gasteiger charge is -2.42. The fourth-order valence-corrected chi connectivity index (χ4v) is 4.62. The highest BCUT2D eigenvalue weighted by Crippen LogP contribution is 2.32. The normalized spacial score (nSPS) is 24.3. The van der Waals surface area contributed by atoms with E-state index in [0.29, 0.717) is 31.0 Å². The van der Waals surface area contributed by atoms with Crippen LogP contribution in [0.4, 0.5) is 0 Å². The second kappa shape index (κ2) is 8.64. The SMILES string of the molecule is Cc1ccn(CCNC(=O)C2CCCN(C3CCN(C(=O)C4CC4)CC3)C2)n1. The van der Waals surface area contributed by atoms with Gasteiger partial charge in [-0.3, -0.25) is 19.2 Å². The molecule has 3 fully saturated rings. The zero-order chi connectivity index (χ0) is 19.5. The highest BCUT2D eigenvalue weighted by atomic mass is 16.2. The molecule has 2 aliphatic heterocycles. The van der Waals surface area contributed by atoms with Gasteiger partial charge in [-0.15, -0.1) is 0 Å². The Kier molecular flexibility index (Phi) is 5.99. The average molecular weight is 388 g/mol. The van der Waals surface area contributed by atoms with E-state index >= 15 is 0 Å². The molecule has 0 radical (unpaired) electrons. The number of hydrogen-bond acceptors (Lipinski definition) is 4. The first-order valence-electron chi connectivity index (χ1n) is 10.9. The van der Waals surface area contributed by atoms with Gasteiger partial charge in [-0.05, 0) is 58.1 Å². The Morgan fingerprint density at radius 1 is 1.11 bits per heavy atom. The zero-order valence-electron chi connectivity index (χ0n) is 17.0. The molecule has 0 aromatic carbocycles. The number of aryl methyl sites for hydroxylation is 1. The fourth-order valence-electron chi connectivity index (χ4n) is 4.62. The molecule has 1 N–H and O–H groups in total. The van der Waals surface area contributed by atoms with Gasteiger partial charge in [0.1, 0.15) is 0 Å². The molecule has 7 nitrogen and oxygen atoms in total. The predicted octanol–water partition coefficient (Wildman–Crippen LogP) is 1.42. The summed E-state index contributed by atoms with van der Waals surface area (Å²) in [5.41, 5.74) is 0.999. The molecule has 1 aromatic heterocycles. The molecular formula is C21H33N5O2. The van der Waals surface area contributed by atoms with Gasteiger partial charge in [0.2, 0.25) is 11.8 Å². The van der Waals surface area contributed by atoms with Crippen molar-refractivity contribution in [2.75, 3.05) is 32.7 Å². The average Bonchev–Trinajstić information content (AvgIpc) is 3.49. The Balaban J connectivity index is 1.20. The summed E-state index contributed by atoms with van der Waals surface area (Å²) in [6.07, 6.45) is 8.27. The lowest BCUT2D eigenvalue weighted by Crippen LogP contribution is -2.51. The molecule has 28 heavy (non-hydrogen) atoms. The van der Waals surface area contributed by atoms with Crippen LogP contribution in [0.25, 0.3) is 0 Å². The lowest BCUT2D eigenvalue weighted by atomic mass is 9.93. The molecule has 1 unspecified atom stereocenters. The number of hydrogen-bond donors (Lipinski definition) is 1. The lowest BCUT2D eigenvalue weighted by molar-refractivity contribution is -0.134. The number of nitrogens with one attached hydrogen (secondary N) is 1. The van der Waals surface area contributed by atoms with Crippen LogP contribution in [0.2, 0.25) is 0 Å². The molecular weight excluding hydrogens is 354 g/mol. The van der Waals surface area contributed by atoms with Crippen LogP contribution in [0, 0.1) is 18.8 Å². The summed E-state index contributed by atoms with van der Waals surface area (Å²) in [6.45, 7) is 7.01. The third-order valence-electron chi connectivity index (χ3n) is 6.46. The third kappa shape index (κ3) is 4.74. The zero-order valence-corrected chi connectivity index (χ0v) is 17.0. The fraction of sp³-hybridized carbons (Fsp3) is 0.762. The number of carbonyl (C=O) groups is 2. The van der Waals surface area contributed by atoms with Crippen molar-refractivity contribution < 1.29 is 9.59 Å². The van der Waals surface area contributed by atoms with Crippen LogP contribution >= 0.6 is 0 Å². The molecule has 1 atom stereocenters. The van der Waals surface area contributed by atoms with Gasteiger partial charge in [-0.2, -0.15) is 5.10 Å². The highest BCUT2D eigenvalue weighted by Gasteiger charge is 2.37. The van der Waals surface area contributed by atoms with Crippen LogP contribution in [-0.2, 0) is 16.1 Å². The largest absolute Gasteiger partial charge is 0.354 e. The Labute approximate surface area is 167 Å². The number of amides is 2. The van der Waals surface area contributed by atoms with E-state index in [0.717, 1.165) is 70.4 Å². The van der Waals surface area contributed by atoms with Gasteiger partial charge in [-0.25, -0.2) is 0 Å². The number of aromatic nitrogens is 2. The van der Waals surface area contributed by atoms with E-state index in [9.17, 15) is 9.59 Å². The molecule has 1 aliphatic carbocycles. The first-order chi connectivity index (χ1) is 13.6. The van der Waals surface area contributed by atoms with Crippen molar-refractivity contribution in [2.24, 2.45) is 11.8 Å². The van der Waals surface area contributed by atoms with Crippen LogP contribution < -0.4 is 5.32 Å². The van der Waals surface area contributed by atoms with Crippen molar-refractivity contribution in [1.29, 1.82) is 0 Å². The number of rotatable bonds is 6. The molecule has 0 spiro atoms. The van der Waals surface area contributed by atoms with Crippen LogP contribution in [-0.4, -0.2) is 70.2 Å². The Morgan fingerprint density at radius 3 is 2.57 bits per heavy atom. The summed E-state index contributed by atoms with van der Waals surface area (Å²) < 4.78 is 1.87. The monoisotopic (exact) mass is 387 g/mol. The minimum absolute atomic E-state index is 0.0826. The standard InChI is InChI=1S/C21H33N5O2/c1-16-6-13-26(23-16)14-9-22-20(27)18-3-2-10-25(15-18)19-7-11-24(12-8-19)21(28)17-4-5-17/h6,13,17-19H,2-5,7-12,14-15H2,1H3,(H,22,27). The first kappa shape index (κ1) is 19.4. The molecule has 2 amide bonds. The second-order valence-corrected chi connectivity index (χ2v) is 8.68. The van der Waals surface area contributed by atoms with Gasteiger partial charge < -0.3 is 10.2 Å². The minimum Gasteiger partial charge on any atom is -0.354 e. The third-order valence-corrected chi connectivity index (χ3v) is 6.46. The summed E-state index contributed by atoms with van der Waals surface area (Å²) in [5.74, 6) is 0.959. The van der Waals surface area contributed by atoms with Gasteiger partial charge in [0.05, 0.1) is 18.2 Å². The molecule has 1 saturated carbocycles. The van der Waals surface area contributed by atoms with E-state index in [4.69, 9.17) is 0 Å². The van der Waals surface area contributed by atoms with Gasteiger partial charge >= 0.3 is 0 Å². The van der Waals surface area contributed by atoms with Crippen LogP contribution in [0.15, 0.2) is 12.3 Å². The molecule has 1 aromatic rings. The van der Waals surface area contributed by atoms with Crippen molar-refractivity contribution in [3.8, 4) is 0 Å². The molecule has 4 rings (SSSR count). The maximum absolute atomic E-state index is 12.6. The summed E-state index contributed by atoms with van der Waals surface area (Å²) in [4.78, 5) is 29.4. The number of piperidine rings is 2. The molecule has 0 bridgehead atoms. The maximum Gasteiger partial charge on any atom is 0.225 e. The molecule has 154 valence electrons. The number of likely N-dealkylation sites (tertiary alicyclic amines) is 2. The molecule has 2 saturated heterocycles. The first-order valence-corrected chi connectivity index (χ1v) is 10.9. The van der Waals surface area contributed by atoms with Crippen LogP contribution in [0.5, 0.6) is 0 Å². The summed E-state index contributed by atoms with van der Waals surface area (Å²) in [7, 11) is 0. The van der Waals surface area contributed by atoms with E-state index in [1.807, 2.05) is 23.9 Å². The molecule has 3 aliphatic rings. The smallest absolute Gasteiger partial charge is 0.225 e. The number of carbonyl (C=O) groups excluding carboxylic acids is 2. The highest BCUT2D eigenvalue weighted by molar-refractivity contribution is 5.81. The van der Waals surface area contributed by atoms with Gasteiger partial charge in [0, 0.05) is 44.3 Å². The van der Waals surface area contributed by atoms with Crippen LogP contribution in [0.3, 0.4) is 0 Å². The Hall–Kier alpha value is -1.89. The van der Waals surface area contributed by atoms with Gasteiger partial charge in [0.15, 0.2) is 0 Å². The van der Waals surface area contributed by atoms with Crippen molar-refractivity contribution >= 4 is 11.8 Å². The van der Waals surface area contributed by atoms with Crippen molar-refractivity contribution in [2.45, 2.75) is 58.0 Å². The summed E-state index contributed by atoms with van der Waals surface area (Å²) in [5, 5.41) is 7.45. The summed E-state index contributed by atoms with van der Waals surface area (Å²) >= 11 is 0. The molecule has 7 heteroatoms. The van der Waals surface area contributed by atoms with E-state index in [-0.39, 0.29) is 11.8 Å². The van der Waals surface area contributed by atoms with Crippen molar-refractivity contribution in [1.82, 2.24) is 24.9 Å². The number of nitrogens with zero attached hydrogens (tertiary/aromatic N) is 4. The van der Waals surface area contributed by atoms with Crippen LogP contribution in [0.1, 0.15) is 44.2 Å². The van der Waals surface area contributed by atoms with Crippen molar-refractivity contribution in [3.63, 3.8) is 0 Å². The van der Waals surface area contributed by atoms with E-state index < -0.39 is 0 Å². The Bertz CT molecular complexity index is 691. The van der Waals surface area contributed by atoms with E-state index in [2.05, 4.69) is 20.2 Å². The second-order valence-electron chi connectivity index (χ2n) is 8.68. The predicted molar refractivity (Wildman–Crippen MR) is 107 cm³/mol. The molecule has 3 heterocycles. The topological polar surface area (TPSA) is 70.5 Å². The van der Waals surface area contributed by atoms with Gasteiger partial charge in [0.25, 0.3) is 0 Å². The van der Waals surface area contributed by atoms with Gasteiger partial charge in [-0.1, -0.05) is 0 Å². The quantitative estimate of drug-likeness (QED) is 0.801. The van der Waals surface area contributed by atoms with E-state index in [1.54, 1.807) is 0 Å². The minimum atomic E-state index is 0.0826. The van der Waals surface area contributed by atoms with Crippen molar-refractivity contribution in [3.05, 3.63) is 18.0 Å². The Morgan fingerprint density at radius 2 is 1.89 bits per heavy atom.